The van der Waals surface area contributed by atoms with Crippen LogP contribution in [0.5, 0.6) is 5.75 Å². The molecule has 1 aromatic carbocycles. The molecule has 0 aromatic heterocycles. The van der Waals surface area contributed by atoms with Crippen molar-refractivity contribution in [2.45, 2.75) is 84.6 Å². The smallest absolute Gasteiger partial charge is 0.331 e. The molecule has 0 aliphatic heterocycles. The van der Waals surface area contributed by atoms with Gasteiger partial charge in [0.2, 0.25) is 0 Å². The lowest BCUT2D eigenvalue weighted by Crippen LogP contribution is -2.55. The van der Waals surface area contributed by atoms with E-state index in [1.165, 1.54) is 36.8 Å². The highest BCUT2D eigenvalue weighted by molar-refractivity contribution is 7.43. The predicted molar refractivity (Wildman–Crippen MR) is 121 cm³/mol. The monoisotopic (exact) mass is 476 g/mol. The minimum atomic E-state index is -5.25. The Labute approximate surface area is 196 Å². The molecule has 3 aliphatic carbocycles. The fraction of sp³-hybridized carbons (Fsp3) is 0.680. The Bertz CT molecular complexity index is 1000. The van der Waals surface area contributed by atoms with Gasteiger partial charge in [0, 0.05) is 0 Å². The number of esters is 1. The Morgan fingerprint density at radius 1 is 1.18 bits per heavy atom. The largest absolute Gasteiger partial charge is 0.790 e. The number of rotatable bonds is 5. The van der Waals surface area contributed by atoms with Crippen molar-refractivity contribution in [3.63, 3.8) is 0 Å². The number of nitrogens with two attached hydrogens (primary N) is 1. The highest BCUT2D eigenvalue weighted by atomic mass is 31.2. The number of benzene rings is 1. The number of phosphoric ester groups is 1. The van der Waals surface area contributed by atoms with Crippen LogP contribution in [-0.4, -0.2) is 12.0 Å². The summed E-state index contributed by atoms with van der Waals surface area (Å²) in [5.41, 5.74) is 10.0. The van der Waals surface area contributed by atoms with E-state index in [-0.39, 0.29) is 10.8 Å². The fourth-order valence-corrected chi connectivity index (χ4v) is 8.15. The first-order valence-electron chi connectivity index (χ1n) is 11.8. The minimum absolute atomic E-state index is 0.0993. The molecule has 0 bridgehead atoms. The SMILES string of the molecule is Cc1cc(OC(=O)C(N)[CH]OP(=O)([O-])[O-])cc2c1C1(C)CCC3C(C)(C)CCC[C@]3(C)[C@H]1C2. The number of phosphoric acid groups is 1. The van der Waals surface area contributed by atoms with Gasteiger partial charge in [-0.15, -0.1) is 0 Å². The van der Waals surface area contributed by atoms with Crippen molar-refractivity contribution in [2.75, 3.05) is 0 Å². The molecular weight excluding hydrogens is 441 g/mol. The molecular formula is C25H35NO6P-2. The second-order valence-electron chi connectivity index (χ2n) is 11.5. The van der Waals surface area contributed by atoms with Crippen LogP contribution in [0, 0.1) is 36.2 Å². The Balaban J connectivity index is 1.58. The average Bonchev–Trinajstić information content (AvgIpc) is 2.99. The second-order valence-corrected chi connectivity index (χ2v) is 12.6. The summed E-state index contributed by atoms with van der Waals surface area (Å²) in [6, 6.07) is 2.29. The lowest BCUT2D eigenvalue weighted by atomic mass is 9.43. The maximum absolute atomic E-state index is 12.3. The summed E-state index contributed by atoms with van der Waals surface area (Å²) in [6.07, 6.45) is 7.16. The minimum Gasteiger partial charge on any atom is -0.790 e. The van der Waals surface area contributed by atoms with Crippen molar-refractivity contribution in [2.24, 2.45) is 28.4 Å². The van der Waals surface area contributed by atoms with Gasteiger partial charge in [0.25, 0.3) is 0 Å². The first-order chi connectivity index (χ1) is 15.2. The van der Waals surface area contributed by atoms with Gasteiger partial charge in [0.15, 0.2) is 0 Å². The number of carbonyl (C=O) groups is 1. The highest BCUT2D eigenvalue weighted by Gasteiger charge is 2.61. The molecule has 8 heteroatoms. The molecule has 2 fully saturated rings. The molecule has 5 atom stereocenters. The molecule has 4 rings (SSSR count). The molecule has 0 saturated heterocycles. The van der Waals surface area contributed by atoms with Crippen LogP contribution in [0.25, 0.3) is 0 Å². The molecule has 0 amide bonds. The van der Waals surface area contributed by atoms with Gasteiger partial charge < -0.3 is 29.3 Å². The molecule has 33 heavy (non-hydrogen) atoms. The fourth-order valence-electron chi connectivity index (χ4n) is 7.87. The van der Waals surface area contributed by atoms with Crippen molar-refractivity contribution in [1.82, 2.24) is 0 Å². The second kappa shape index (κ2) is 8.17. The average molecular weight is 477 g/mol. The Hall–Kier alpha value is -1.24. The summed E-state index contributed by atoms with van der Waals surface area (Å²) < 4.78 is 20.0. The summed E-state index contributed by atoms with van der Waals surface area (Å²) in [6.45, 7) is 12.3. The van der Waals surface area contributed by atoms with Crippen LogP contribution in [-0.2, 0) is 25.7 Å². The van der Waals surface area contributed by atoms with E-state index < -0.39 is 19.8 Å². The molecule has 3 aliphatic rings. The van der Waals surface area contributed by atoms with E-state index in [4.69, 9.17) is 10.5 Å². The van der Waals surface area contributed by atoms with Crippen LogP contribution in [0.3, 0.4) is 0 Å². The molecule has 0 heterocycles. The van der Waals surface area contributed by atoms with Gasteiger partial charge in [-0.3, -0.25) is 0 Å². The Morgan fingerprint density at radius 3 is 2.55 bits per heavy atom. The lowest BCUT2D eigenvalue weighted by molar-refractivity contribution is -0.339. The van der Waals surface area contributed by atoms with Crippen LogP contribution in [0.1, 0.15) is 76.5 Å². The molecule has 0 spiro atoms. The van der Waals surface area contributed by atoms with Gasteiger partial charge in [-0.2, -0.15) is 0 Å². The number of hydrogen-bond acceptors (Lipinski definition) is 7. The topological polar surface area (TPSA) is 125 Å². The summed E-state index contributed by atoms with van der Waals surface area (Å²) >= 11 is 0. The summed E-state index contributed by atoms with van der Waals surface area (Å²) in [5.74, 6) is 0.733. The quantitative estimate of drug-likeness (QED) is 0.393. The maximum atomic E-state index is 12.3. The number of carbonyl (C=O) groups excluding carboxylic acids is 1. The van der Waals surface area contributed by atoms with Crippen LogP contribution in [0.4, 0.5) is 0 Å². The molecule has 1 aromatic rings. The van der Waals surface area contributed by atoms with E-state index in [1.807, 2.05) is 12.1 Å². The predicted octanol–water partition coefficient (Wildman–Crippen LogP) is 3.29. The zero-order valence-electron chi connectivity index (χ0n) is 20.2. The zero-order chi connectivity index (χ0) is 24.4. The first kappa shape index (κ1) is 24.9. The maximum Gasteiger partial charge on any atom is 0.331 e. The highest BCUT2D eigenvalue weighted by Crippen LogP contribution is 2.67. The van der Waals surface area contributed by atoms with Crippen LogP contribution >= 0.6 is 7.82 Å². The standard InChI is InChI=1S/C25H37NO6P/c1-15-11-17(32-22(27)18(26)14-31-33(28,29)30)12-16-13-20-24(4)9-6-8-23(2,3)19(24)7-10-25(20,5)21(15)16/h11-12,14,18-20H,6-10,13,26H2,1-5H3,(H2,28,29,30)/p-2/t18?,19?,20-,24+,25?/m1/s1. The van der Waals surface area contributed by atoms with Gasteiger partial charge in [-0.25, -0.2) is 4.79 Å². The van der Waals surface area contributed by atoms with E-state index in [0.29, 0.717) is 29.6 Å². The molecule has 183 valence electrons. The molecule has 1 radical (unpaired) electrons. The van der Waals surface area contributed by atoms with E-state index in [2.05, 4.69) is 39.1 Å². The Kier molecular flexibility index (Phi) is 6.15. The molecule has 3 unspecified atom stereocenters. The summed E-state index contributed by atoms with van der Waals surface area (Å²) in [7, 11) is -5.25. The zero-order valence-corrected chi connectivity index (χ0v) is 21.1. The van der Waals surface area contributed by atoms with Crippen molar-refractivity contribution >= 4 is 13.8 Å². The van der Waals surface area contributed by atoms with E-state index in [9.17, 15) is 19.1 Å². The van der Waals surface area contributed by atoms with Gasteiger partial charge >= 0.3 is 5.97 Å². The normalized spacial score (nSPS) is 33.6. The van der Waals surface area contributed by atoms with Gasteiger partial charge in [-0.05, 0) is 95.9 Å². The van der Waals surface area contributed by atoms with Crippen molar-refractivity contribution in [3.05, 3.63) is 35.4 Å². The van der Waals surface area contributed by atoms with Gasteiger partial charge in [0.1, 0.15) is 18.4 Å². The number of hydrogen-bond donors (Lipinski definition) is 1. The molecule has 2 saturated carbocycles. The summed E-state index contributed by atoms with van der Waals surface area (Å²) in [5, 5.41) is 0. The molecule has 2 N–H and O–H groups in total. The van der Waals surface area contributed by atoms with E-state index >= 15 is 0 Å². The van der Waals surface area contributed by atoms with Crippen molar-refractivity contribution in [1.29, 1.82) is 0 Å². The van der Waals surface area contributed by atoms with E-state index in [1.54, 1.807) is 0 Å². The van der Waals surface area contributed by atoms with Crippen molar-refractivity contribution < 1.29 is 28.4 Å². The van der Waals surface area contributed by atoms with Crippen LogP contribution in [0.2, 0.25) is 0 Å². The lowest BCUT2D eigenvalue weighted by Gasteiger charge is -2.61. The van der Waals surface area contributed by atoms with Gasteiger partial charge in [-0.1, -0.05) is 34.1 Å². The Morgan fingerprint density at radius 2 is 1.88 bits per heavy atom. The third kappa shape index (κ3) is 4.32. The van der Waals surface area contributed by atoms with Gasteiger partial charge in [0.05, 0.1) is 7.82 Å². The summed E-state index contributed by atoms with van der Waals surface area (Å²) in [4.78, 5) is 33.6. The molecule has 7 nitrogen and oxygen atoms in total. The first-order valence-corrected chi connectivity index (χ1v) is 13.3. The van der Waals surface area contributed by atoms with Crippen LogP contribution < -0.4 is 20.3 Å². The third-order valence-corrected chi connectivity index (χ3v) is 9.39. The number of ether oxygens (including phenoxy) is 1. The number of fused-ring (bicyclic) bond motifs is 5. The third-order valence-electron chi connectivity index (χ3n) is 9.01. The van der Waals surface area contributed by atoms with Crippen LogP contribution in [0.15, 0.2) is 12.1 Å². The number of aryl methyl sites for hydroxylation is 1. The van der Waals surface area contributed by atoms with E-state index in [0.717, 1.165) is 18.4 Å². The van der Waals surface area contributed by atoms with Crippen molar-refractivity contribution in [3.8, 4) is 5.75 Å².